The van der Waals surface area contributed by atoms with Gasteiger partial charge >= 0.3 is 5.69 Å². The van der Waals surface area contributed by atoms with Crippen molar-refractivity contribution in [1.29, 1.82) is 0 Å². The van der Waals surface area contributed by atoms with E-state index in [-0.39, 0.29) is 11.6 Å². The number of aryl methyl sites for hydroxylation is 3. The third-order valence-corrected chi connectivity index (χ3v) is 4.83. The highest BCUT2D eigenvalue weighted by atomic mass is 32.1. The van der Waals surface area contributed by atoms with E-state index in [2.05, 4.69) is 10.3 Å². The van der Waals surface area contributed by atoms with Crippen LogP contribution in [0.15, 0.2) is 29.2 Å². The summed E-state index contributed by atoms with van der Waals surface area (Å²) in [5.74, 6) is -0.168. The van der Waals surface area contributed by atoms with Crippen LogP contribution in [0.25, 0.3) is 11.0 Å². The Kier molecular flexibility index (Phi) is 4.04. The summed E-state index contributed by atoms with van der Waals surface area (Å²) in [5.41, 5.74) is 1.79. The number of para-hydroxylation sites is 1. The average Bonchev–Trinajstić information content (AvgIpc) is 3.05. The number of nitrogens with one attached hydrogen (secondary N) is 1. The van der Waals surface area contributed by atoms with Gasteiger partial charge in [-0.05, 0) is 19.1 Å². The Labute approximate surface area is 137 Å². The van der Waals surface area contributed by atoms with Crippen LogP contribution >= 0.6 is 11.3 Å². The van der Waals surface area contributed by atoms with Gasteiger partial charge in [0, 0.05) is 38.1 Å². The quantitative estimate of drug-likeness (QED) is 0.790. The lowest BCUT2D eigenvalue weighted by Crippen LogP contribution is -2.26. The molecule has 0 atom stereocenters. The van der Waals surface area contributed by atoms with Crippen LogP contribution in [0.1, 0.15) is 20.2 Å². The molecule has 1 amide bonds. The fraction of sp³-hybridized carbons (Fsp3) is 0.312. The second kappa shape index (κ2) is 6.00. The fourth-order valence-corrected chi connectivity index (χ4v) is 3.47. The molecule has 7 heteroatoms. The number of thiazole rings is 1. The van der Waals surface area contributed by atoms with Gasteiger partial charge in [-0.15, -0.1) is 11.3 Å². The van der Waals surface area contributed by atoms with E-state index in [4.69, 9.17) is 0 Å². The van der Waals surface area contributed by atoms with Crippen molar-refractivity contribution < 1.29 is 4.79 Å². The molecule has 0 bridgehead atoms. The van der Waals surface area contributed by atoms with Crippen molar-refractivity contribution in [3.8, 4) is 0 Å². The minimum Gasteiger partial charge on any atom is -0.352 e. The third-order valence-electron chi connectivity index (χ3n) is 3.86. The zero-order chi connectivity index (χ0) is 16.6. The first-order chi connectivity index (χ1) is 11.0. The van der Waals surface area contributed by atoms with Crippen LogP contribution in [0.4, 0.5) is 0 Å². The Morgan fingerprint density at radius 2 is 2.09 bits per heavy atom. The molecule has 6 nitrogen and oxygen atoms in total. The van der Waals surface area contributed by atoms with Crippen molar-refractivity contribution in [2.24, 2.45) is 14.1 Å². The summed E-state index contributed by atoms with van der Waals surface area (Å²) in [6.07, 6.45) is 2.59. The number of amides is 1. The number of hydrogen-bond donors (Lipinski definition) is 1. The SMILES string of the molecule is Cc1ncc(CCNC(=O)c2cccc3c2n(C)c(=O)n3C)s1. The number of hydrogen-bond acceptors (Lipinski definition) is 4. The number of fused-ring (bicyclic) bond motifs is 1. The molecule has 1 aromatic carbocycles. The largest absolute Gasteiger partial charge is 0.352 e. The minimum absolute atomic E-state index is 0.139. The van der Waals surface area contributed by atoms with Gasteiger partial charge in [0.25, 0.3) is 5.91 Å². The van der Waals surface area contributed by atoms with E-state index in [9.17, 15) is 9.59 Å². The van der Waals surface area contributed by atoms with Crippen molar-refractivity contribution >= 4 is 28.3 Å². The summed E-state index contributed by atoms with van der Waals surface area (Å²) >= 11 is 1.63. The van der Waals surface area contributed by atoms with E-state index in [1.807, 2.05) is 19.2 Å². The molecule has 0 aliphatic heterocycles. The van der Waals surface area contributed by atoms with E-state index in [1.165, 1.54) is 4.57 Å². The number of benzene rings is 1. The topological polar surface area (TPSA) is 68.9 Å². The monoisotopic (exact) mass is 330 g/mol. The molecule has 0 unspecified atom stereocenters. The lowest BCUT2D eigenvalue weighted by atomic mass is 10.1. The second-order valence-electron chi connectivity index (χ2n) is 5.43. The van der Waals surface area contributed by atoms with Crippen molar-refractivity contribution in [3.63, 3.8) is 0 Å². The van der Waals surface area contributed by atoms with Crippen LogP contribution in [-0.2, 0) is 20.5 Å². The van der Waals surface area contributed by atoms with Crippen LogP contribution < -0.4 is 11.0 Å². The number of carbonyl (C=O) groups is 1. The number of nitrogens with zero attached hydrogens (tertiary/aromatic N) is 3. The second-order valence-corrected chi connectivity index (χ2v) is 6.74. The summed E-state index contributed by atoms with van der Waals surface area (Å²) in [7, 11) is 3.39. The first-order valence-electron chi connectivity index (χ1n) is 7.33. The van der Waals surface area contributed by atoms with Crippen molar-refractivity contribution in [1.82, 2.24) is 19.4 Å². The highest BCUT2D eigenvalue weighted by Crippen LogP contribution is 2.17. The summed E-state index contributed by atoms with van der Waals surface area (Å²) in [6, 6.07) is 5.38. The molecule has 23 heavy (non-hydrogen) atoms. The van der Waals surface area contributed by atoms with Crippen LogP contribution in [0.3, 0.4) is 0 Å². The normalized spacial score (nSPS) is 11.1. The molecule has 1 N–H and O–H groups in total. The smallest absolute Gasteiger partial charge is 0.328 e. The minimum atomic E-state index is -0.168. The van der Waals surface area contributed by atoms with E-state index < -0.39 is 0 Å². The van der Waals surface area contributed by atoms with E-state index >= 15 is 0 Å². The van der Waals surface area contributed by atoms with Crippen LogP contribution in [0.5, 0.6) is 0 Å². The highest BCUT2D eigenvalue weighted by Gasteiger charge is 2.16. The lowest BCUT2D eigenvalue weighted by molar-refractivity contribution is 0.0955. The van der Waals surface area contributed by atoms with Gasteiger partial charge in [0.2, 0.25) is 0 Å². The van der Waals surface area contributed by atoms with Gasteiger partial charge in [-0.2, -0.15) is 0 Å². The number of carbonyl (C=O) groups excluding carboxylic acids is 1. The molecule has 0 saturated heterocycles. The summed E-state index contributed by atoms with van der Waals surface area (Å²) < 4.78 is 3.06. The van der Waals surface area contributed by atoms with E-state index in [0.29, 0.717) is 17.6 Å². The van der Waals surface area contributed by atoms with Gasteiger partial charge < -0.3 is 5.32 Å². The Bertz CT molecular complexity index is 935. The maximum absolute atomic E-state index is 12.5. The number of rotatable bonds is 4. The molecule has 0 saturated carbocycles. The van der Waals surface area contributed by atoms with Gasteiger partial charge in [-0.3, -0.25) is 13.9 Å². The van der Waals surface area contributed by atoms with Gasteiger partial charge in [0.15, 0.2) is 0 Å². The molecule has 2 heterocycles. The van der Waals surface area contributed by atoms with E-state index in [1.54, 1.807) is 42.1 Å². The van der Waals surface area contributed by atoms with Crippen LogP contribution in [-0.4, -0.2) is 26.6 Å². The average molecular weight is 330 g/mol. The van der Waals surface area contributed by atoms with Gasteiger partial charge in [0.1, 0.15) is 0 Å². The Morgan fingerprint density at radius 1 is 1.30 bits per heavy atom. The van der Waals surface area contributed by atoms with Crippen molar-refractivity contribution in [2.45, 2.75) is 13.3 Å². The zero-order valence-corrected chi connectivity index (χ0v) is 14.1. The van der Waals surface area contributed by atoms with Gasteiger partial charge in [-0.25, -0.2) is 9.78 Å². The van der Waals surface area contributed by atoms with Gasteiger partial charge in [0.05, 0.1) is 21.6 Å². The third kappa shape index (κ3) is 2.79. The Balaban J connectivity index is 1.81. The fourth-order valence-electron chi connectivity index (χ4n) is 2.68. The highest BCUT2D eigenvalue weighted by molar-refractivity contribution is 7.11. The molecule has 3 rings (SSSR count). The predicted molar refractivity (Wildman–Crippen MR) is 91.0 cm³/mol. The molecule has 3 aromatic rings. The maximum Gasteiger partial charge on any atom is 0.328 e. The molecule has 0 radical (unpaired) electrons. The lowest BCUT2D eigenvalue weighted by Gasteiger charge is -2.06. The van der Waals surface area contributed by atoms with Gasteiger partial charge in [-0.1, -0.05) is 6.07 Å². The summed E-state index contributed by atoms with van der Waals surface area (Å²) in [4.78, 5) is 29.9. The molecule has 0 fully saturated rings. The number of imidazole rings is 1. The molecule has 120 valence electrons. The summed E-state index contributed by atoms with van der Waals surface area (Å²) in [5, 5.41) is 3.94. The molecule has 0 aliphatic carbocycles. The Morgan fingerprint density at radius 3 is 2.78 bits per heavy atom. The van der Waals surface area contributed by atoms with Crippen molar-refractivity contribution in [2.75, 3.05) is 6.54 Å². The first kappa shape index (κ1) is 15.5. The van der Waals surface area contributed by atoms with Crippen molar-refractivity contribution in [3.05, 3.63) is 50.3 Å². The molecule has 0 spiro atoms. The number of aromatic nitrogens is 3. The van der Waals surface area contributed by atoms with Crippen LogP contribution in [0.2, 0.25) is 0 Å². The first-order valence-corrected chi connectivity index (χ1v) is 8.14. The Hall–Kier alpha value is -2.41. The molecule has 2 aromatic heterocycles. The van der Waals surface area contributed by atoms with E-state index in [0.717, 1.165) is 21.8 Å². The maximum atomic E-state index is 12.5. The van der Waals surface area contributed by atoms with Crippen LogP contribution in [0, 0.1) is 6.92 Å². The molecule has 0 aliphatic rings. The summed E-state index contributed by atoms with van der Waals surface area (Å²) in [6.45, 7) is 2.50. The molecular formula is C16H18N4O2S. The predicted octanol–water partition coefficient (Wildman–Crippen LogP) is 1.61. The molecular weight excluding hydrogens is 312 g/mol. The zero-order valence-electron chi connectivity index (χ0n) is 13.3. The standard InChI is InChI=1S/C16H18N4O2S/c1-10-18-9-11(23-10)7-8-17-15(21)12-5-4-6-13-14(12)20(3)16(22)19(13)2/h4-6,9H,7-8H2,1-3H3,(H,17,21).